The molecule has 0 saturated heterocycles. The molecule has 6 nitrogen and oxygen atoms in total. The SMILES string of the molecule is CC/C=C\C/C=C\C/C=C\C/C=C\C/C=C\C/C=C\C/C=C\C/C=C\CCCCCCCCCCC(=O)OCC(COC(=O)CCCCCCCCCC)OC(=O)CCCCCCCCCCCC/C=C\C/C=C\C/C=C\C/C=C\CC. The average Bonchev–Trinajstić information content (AvgIpc) is 3.47. The van der Waals surface area contributed by atoms with Crippen LogP contribution in [0.25, 0.3) is 0 Å². The monoisotopic (exact) mass is 1130 g/mol. The normalized spacial score (nSPS) is 13.1. The Morgan fingerprint density at radius 2 is 0.476 bits per heavy atom. The smallest absolute Gasteiger partial charge is 0.306 e. The van der Waals surface area contributed by atoms with E-state index >= 15 is 0 Å². The van der Waals surface area contributed by atoms with Crippen molar-refractivity contribution in [1.29, 1.82) is 0 Å². The van der Waals surface area contributed by atoms with E-state index in [9.17, 15) is 14.4 Å². The van der Waals surface area contributed by atoms with Gasteiger partial charge in [0.25, 0.3) is 0 Å². The van der Waals surface area contributed by atoms with E-state index in [2.05, 4.69) is 167 Å². The van der Waals surface area contributed by atoms with Crippen LogP contribution in [0.4, 0.5) is 0 Å². The second-order valence-electron chi connectivity index (χ2n) is 22.0. The Kier molecular flexibility index (Phi) is 64.8. The first-order chi connectivity index (χ1) is 40.5. The number of rotatable bonds is 60. The number of carbonyl (C=O) groups excluding carboxylic acids is 3. The van der Waals surface area contributed by atoms with Gasteiger partial charge in [0.05, 0.1) is 0 Å². The molecule has 6 heteroatoms. The molecule has 1 unspecified atom stereocenters. The Bertz CT molecular complexity index is 1780. The highest BCUT2D eigenvalue weighted by atomic mass is 16.6. The van der Waals surface area contributed by atoms with Crippen molar-refractivity contribution in [2.24, 2.45) is 0 Å². The summed E-state index contributed by atoms with van der Waals surface area (Å²) in [5.74, 6) is -0.899. The van der Waals surface area contributed by atoms with Crippen LogP contribution in [0.3, 0.4) is 0 Å². The first-order valence-corrected chi connectivity index (χ1v) is 33.8. The maximum Gasteiger partial charge on any atom is 0.306 e. The average molecular weight is 1130 g/mol. The van der Waals surface area contributed by atoms with Gasteiger partial charge in [-0.3, -0.25) is 14.4 Å². The van der Waals surface area contributed by atoms with Crippen molar-refractivity contribution in [2.75, 3.05) is 13.2 Å². The minimum atomic E-state index is -0.787. The van der Waals surface area contributed by atoms with Gasteiger partial charge >= 0.3 is 17.9 Å². The maximum absolute atomic E-state index is 12.9. The molecule has 82 heavy (non-hydrogen) atoms. The van der Waals surface area contributed by atoms with Gasteiger partial charge in [-0.1, -0.05) is 301 Å². The third-order valence-corrected chi connectivity index (χ3v) is 14.1. The predicted octanol–water partition coefficient (Wildman–Crippen LogP) is 23.5. The number of hydrogen-bond donors (Lipinski definition) is 0. The van der Waals surface area contributed by atoms with E-state index in [1.165, 1.54) is 116 Å². The molecule has 464 valence electrons. The zero-order valence-corrected chi connectivity index (χ0v) is 53.2. The van der Waals surface area contributed by atoms with Gasteiger partial charge in [0.15, 0.2) is 6.10 Å². The topological polar surface area (TPSA) is 78.9 Å². The Hall–Kier alpha value is -4.71. The number of carbonyl (C=O) groups is 3. The van der Waals surface area contributed by atoms with Crippen LogP contribution in [0.15, 0.2) is 146 Å². The fraction of sp³-hybridized carbons (Fsp3) is 0.645. The number of esters is 3. The van der Waals surface area contributed by atoms with Gasteiger partial charge in [0, 0.05) is 19.3 Å². The first-order valence-electron chi connectivity index (χ1n) is 33.8. The molecule has 0 aliphatic heterocycles. The molecule has 0 aromatic heterocycles. The van der Waals surface area contributed by atoms with E-state index in [-0.39, 0.29) is 31.1 Å². The lowest BCUT2D eigenvalue weighted by Crippen LogP contribution is -2.30. The quantitative estimate of drug-likeness (QED) is 0.0261. The Morgan fingerprint density at radius 3 is 0.744 bits per heavy atom. The van der Waals surface area contributed by atoms with Crippen LogP contribution in [0.5, 0.6) is 0 Å². The second-order valence-corrected chi connectivity index (χ2v) is 22.0. The van der Waals surface area contributed by atoms with Gasteiger partial charge in [-0.25, -0.2) is 0 Å². The van der Waals surface area contributed by atoms with Gasteiger partial charge in [-0.2, -0.15) is 0 Å². The molecule has 0 aromatic rings. The van der Waals surface area contributed by atoms with Crippen molar-refractivity contribution in [3.05, 3.63) is 146 Å². The fourth-order valence-corrected chi connectivity index (χ4v) is 9.10. The van der Waals surface area contributed by atoms with Crippen molar-refractivity contribution in [1.82, 2.24) is 0 Å². The summed E-state index contributed by atoms with van der Waals surface area (Å²) in [5, 5.41) is 0. The van der Waals surface area contributed by atoms with Crippen LogP contribution < -0.4 is 0 Å². The summed E-state index contributed by atoms with van der Waals surface area (Å²) < 4.78 is 16.9. The van der Waals surface area contributed by atoms with Crippen LogP contribution in [0.2, 0.25) is 0 Å². The standard InChI is InChI=1S/C76H124O6/c1-4-7-10-13-16-19-21-23-25-27-29-31-33-34-35-36-37-38-39-40-41-42-44-45-47-49-51-53-55-57-60-63-66-69-75(78)81-72-73(71-80-74(77)68-65-62-59-18-15-12-9-6-3)82-76(79)70-67-64-61-58-56-54-52-50-48-46-43-32-30-28-26-24-22-20-17-14-11-8-5-2/h7-8,10-11,16-17,19-20,23-26,29-32,34-35,37-38,40-41,44-45,73H,4-6,9,12-15,18,21-22,27-28,33,36,39,42-43,46-72H2,1-3H3/b10-7-,11-8-,19-16-,20-17-,25-23-,26-24-,31-29-,32-30-,35-34-,38-37-,41-40-,45-44-. The van der Waals surface area contributed by atoms with Crippen LogP contribution in [-0.4, -0.2) is 37.2 Å². The molecule has 0 rings (SSSR count). The molecular formula is C76H124O6. The number of hydrogen-bond acceptors (Lipinski definition) is 6. The third kappa shape index (κ3) is 66.1. The van der Waals surface area contributed by atoms with Crippen molar-refractivity contribution in [3.63, 3.8) is 0 Å². The zero-order chi connectivity index (χ0) is 59.2. The highest BCUT2D eigenvalue weighted by molar-refractivity contribution is 5.71. The molecule has 0 radical (unpaired) electrons. The van der Waals surface area contributed by atoms with Crippen LogP contribution in [0.1, 0.15) is 297 Å². The maximum atomic E-state index is 12.9. The van der Waals surface area contributed by atoms with Gasteiger partial charge < -0.3 is 14.2 Å². The van der Waals surface area contributed by atoms with E-state index < -0.39 is 6.10 Å². The highest BCUT2D eigenvalue weighted by Gasteiger charge is 2.19. The third-order valence-electron chi connectivity index (χ3n) is 14.1. The number of unbranched alkanes of at least 4 members (excludes halogenated alkanes) is 25. The molecule has 0 aliphatic rings. The lowest BCUT2D eigenvalue weighted by atomic mass is 10.0. The summed E-state index contributed by atoms with van der Waals surface area (Å²) in [4.78, 5) is 38.2. The summed E-state index contributed by atoms with van der Waals surface area (Å²) in [6.45, 7) is 6.38. The minimum absolute atomic E-state index is 0.0841. The van der Waals surface area contributed by atoms with Gasteiger partial charge in [-0.15, -0.1) is 0 Å². The van der Waals surface area contributed by atoms with Gasteiger partial charge in [0.2, 0.25) is 0 Å². The van der Waals surface area contributed by atoms with E-state index in [0.29, 0.717) is 19.3 Å². The Balaban J connectivity index is 4.20. The summed E-state index contributed by atoms with van der Waals surface area (Å²) in [6, 6.07) is 0. The Morgan fingerprint density at radius 1 is 0.256 bits per heavy atom. The zero-order valence-electron chi connectivity index (χ0n) is 53.2. The minimum Gasteiger partial charge on any atom is -0.462 e. The van der Waals surface area contributed by atoms with Crippen LogP contribution in [-0.2, 0) is 28.6 Å². The number of allylic oxidation sites excluding steroid dienone is 24. The molecule has 0 saturated carbocycles. The van der Waals surface area contributed by atoms with Crippen molar-refractivity contribution < 1.29 is 28.6 Å². The second kappa shape index (κ2) is 68.8. The van der Waals surface area contributed by atoms with Crippen molar-refractivity contribution in [2.45, 2.75) is 303 Å². The fourth-order valence-electron chi connectivity index (χ4n) is 9.10. The summed E-state index contributed by atoms with van der Waals surface area (Å²) >= 11 is 0. The van der Waals surface area contributed by atoms with Crippen molar-refractivity contribution >= 4 is 17.9 Å². The predicted molar refractivity (Wildman–Crippen MR) is 357 cm³/mol. The van der Waals surface area contributed by atoms with Crippen LogP contribution in [0, 0.1) is 0 Å². The Labute approximate surface area is 506 Å². The number of ether oxygens (including phenoxy) is 3. The summed E-state index contributed by atoms with van der Waals surface area (Å²) in [5.41, 5.74) is 0. The van der Waals surface area contributed by atoms with Gasteiger partial charge in [-0.05, 0) is 122 Å². The molecule has 0 aromatic carbocycles. The molecule has 0 fully saturated rings. The molecule has 0 N–H and O–H groups in total. The highest BCUT2D eigenvalue weighted by Crippen LogP contribution is 2.16. The lowest BCUT2D eigenvalue weighted by molar-refractivity contribution is -0.167. The van der Waals surface area contributed by atoms with E-state index in [1.54, 1.807) is 0 Å². The lowest BCUT2D eigenvalue weighted by Gasteiger charge is -2.18. The molecule has 0 spiro atoms. The molecule has 0 bridgehead atoms. The molecular weight excluding hydrogens is 1010 g/mol. The summed E-state index contributed by atoms with van der Waals surface area (Å²) in [6.07, 6.45) is 98.8. The van der Waals surface area contributed by atoms with E-state index in [1.807, 2.05) is 0 Å². The molecule has 0 aliphatic carbocycles. The molecule has 1 atom stereocenters. The van der Waals surface area contributed by atoms with Crippen molar-refractivity contribution in [3.8, 4) is 0 Å². The van der Waals surface area contributed by atoms with E-state index in [4.69, 9.17) is 14.2 Å². The van der Waals surface area contributed by atoms with E-state index in [0.717, 1.165) is 141 Å². The van der Waals surface area contributed by atoms with Crippen LogP contribution >= 0.6 is 0 Å². The van der Waals surface area contributed by atoms with Gasteiger partial charge in [0.1, 0.15) is 13.2 Å². The largest absolute Gasteiger partial charge is 0.462 e. The summed E-state index contributed by atoms with van der Waals surface area (Å²) in [7, 11) is 0. The molecule has 0 amide bonds. The molecule has 0 heterocycles. The first kappa shape index (κ1) is 77.3.